The molecule has 1 aromatic rings. The van der Waals surface area contributed by atoms with Crippen LogP contribution in [0.4, 0.5) is 4.39 Å². The van der Waals surface area contributed by atoms with E-state index in [0.717, 1.165) is 12.3 Å². The number of carbonyl (C=O) groups is 1. The first-order valence-corrected chi connectivity index (χ1v) is 5.01. The van der Waals surface area contributed by atoms with Crippen molar-refractivity contribution in [1.29, 1.82) is 0 Å². The smallest absolute Gasteiger partial charge is 0.309 e. The Morgan fingerprint density at radius 2 is 2.29 bits per heavy atom. The number of terminal acetylenes is 1. The third-order valence-electron chi connectivity index (χ3n) is 2.37. The Hall–Kier alpha value is -1.93. The van der Waals surface area contributed by atoms with E-state index >= 15 is 0 Å². The lowest BCUT2D eigenvalue weighted by molar-refractivity contribution is -0.146. The minimum atomic E-state index is -1.32. The van der Waals surface area contributed by atoms with Crippen molar-refractivity contribution in [3.8, 4) is 12.3 Å². The SMILES string of the molecule is C#CCCC(C(=O)O)C(O)c1cncc(F)c1. The summed E-state index contributed by atoms with van der Waals surface area (Å²) < 4.78 is 12.9. The number of aromatic nitrogens is 1. The van der Waals surface area contributed by atoms with Crippen LogP contribution in [0.5, 0.6) is 0 Å². The number of carboxylic acid groups (broad SMARTS) is 1. The maximum atomic E-state index is 12.9. The van der Waals surface area contributed by atoms with E-state index < -0.39 is 23.8 Å². The Morgan fingerprint density at radius 3 is 2.82 bits per heavy atom. The zero-order valence-electron chi connectivity index (χ0n) is 9.01. The van der Waals surface area contributed by atoms with Gasteiger partial charge in [-0.2, -0.15) is 0 Å². The summed E-state index contributed by atoms with van der Waals surface area (Å²) in [5, 5.41) is 18.8. The van der Waals surface area contributed by atoms with Gasteiger partial charge in [-0.25, -0.2) is 4.39 Å². The molecule has 0 saturated heterocycles. The van der Waals surface area contributed by atoms with Crippen molar-refractivity contribution in [2.75, 3.05) is 0 Å². The van der Waals surface area contributed by atoms with Gasteiger partial charge in [0.2, 0.25) is 0 Å². The number of pyridine rings is 1. The summed E-state index contributed by atoms with van der Waals surface area (Å²) in [6.45, 7) is 0. The van der Waals surface area contributed by atoms with E-state index in [4.69, 9.17) is 11.5 Å². The Kier molecular flexibility index (Phi) is 4.61. The Bertz CT molecular complexity index is 442. The molecule has 0 aliphatic heterocycles. The molecule has 0 aromatic carbocycles. The molecule has 0 radical (unpaired) electrons. The van der Waals surface area contributed by atoms with Gasteiger partial charge in [0.15, 0.2) is 0 Å². The summed E-state index contributed by atoms with van der Waals surface area (Å²) in [5.41, 5.74) is 0.134. The van der Waals surface area contributed by atoms with Gasteiger partial charge in [0.25, 0.3) is 0 Å². The largest absolute Gasteiger partial charge is 0.481 e. The fourth-order valence-electron chi connectivity index (χ4n) is 1.48. The van der Waals surface area contributed by atoms with Crippen molar-refractivity contribution in [2.45, 2.75) is 18.9 Å². The van der Waals surface area contributed by atoms with Crippen LogP contribution in [0.25, 0.3) is 0 Å². The van der Waals surface area contributed by atoms with Gasteiger partial charge in [-0.05, 0) is 12.5 Å². The average Bonchev–Trinajstić information content (AvgIpc) is 2.29. The second-order valence-electron chi connectivity index (χ2n) is 3.57. The van der Waals surface area contributed by atoms with E-state index in [-0.39, 0.29) is 18.4 Å². The van der Waals surface area contributed by atoms with Crippen LogP contribution in [-0.2, 0) is 4.79 Å². The monoisotopic (exact) mass is 237 g/mol. The fraction of sp³-hybridized carbons (Fsp3) is 0.333. The standard InChI is InChI=1S/C12H12FNO3/c1-2-3-4-10(12(16)17)11(15)8-5-9(13)7-14-6-8/h1,5-7,10-11,15H,3-4H2,(H,16,17). The molecule has 0 aliphatic rings. The zero-order chi connectivity index (χ0) is 12.8. The molecule has 0 amide bonds. The molecule has 2 N–H and O–H groups in total. The Morgan fingerprint density at radius 1 is 1.59 bits per heavy atom. The normalized spacial score (nSPS) is 13.7. The van der Waals surface area contributed by atoms with Gasteiger partial charge in [-0.15, -0.1) is 12.3 Å². The highest BCUT2D eigenvalue weighted by Crippen LogP contribution is 2.25. The molecule has 17 heavy (non-hydrogen) atoms. The first-order chi connectivity index (χ1) is 8.06. The third kappa shape index (κ3) is 3.54. The summed E-state index contributed by atoms with van der Waals surface area (Å²) in [6.07, 6.45) is 6.30. The average molecular weight is 237 g/mol. The predicted molar refractivity (Wildman–Crippen MR) is 58.3 cm³/mol. The molecule has 90 valence electrons. The number of aliphatic hydroxyl groups excluding tert-OH is 1. The highest BCUT2D eigenvalue weighted by molar-refractivity contribution is 5.71. The molecular formula is C12H12FNO3. The second kappa shape index (κ2) is 5.97. The van der Waals surface area contributed by atoms with Crippen molar-refractivity contribution < 1.29 is 19.4 Å². The highest BCUT2D eigenvalue weighted by atomic mass is 19.1. The molecule has 1 aromatic heterocycles. The zero-order valence-corrected chi connectivity index (χ0v) is 9.01. The van der Waals surface area contributed by atoms with Crippen molar-refractivity contribution in [1.82, 2.24) is 4.98 Å². The van der Waals surface area contributed by atoms with Crippen molar-refractivity contribution >= 4 is 5.97 Å². The molecular weight excluding hydrogens is 225 g/mol. The van der Waals surface area contributed by atoms with Crippen LogP contribution in [0.1, 0.15) is 24.5 Å². The summed E-state index contributed by atoms with van der Waals surface area (Å²) in [7, 11) is 0. The molecule has 1 heterocycles. The Labute approximate surface area is 98.1 Å². The fourth-order valence-corrected chi connectivity index (χ4v) is 1.48. The molecule has 0 spiro atoms. The molecule has 5 heteroatoms. The van der Waals surface area contributed by atoms with Gasteiger partial charge >= 0.3 is 5.97 Å². The number of rotatable bonds is 5. The summed E-state index contributed by atoms with van der Waals surface area (Å²) in [5.74, 6) is -0.546. The maximum Gasteiger partial charge on any atom is 0.309 e. The van der Waals surface area contributed by atoms with Gasteiger partial charge in [0.05, 0.1) is 18.2 Å². The van der Waals surface area contributed by atoms with Crippen LogP contribution in [-0.4, -0.2) is 21.2 Å². The van der Waals surface area contributed by atoms with E-state index in [0.29, 0.717) is 0 Å². The van der Waals surface area contributed by atoms with Crippen LogP contribution in [0.15, 0.2) is 18.5 Å². The van der Waals surface area contributed by atoms with Crippen molar-refractivity contribution in [2.24, 2.45) is 5.92 Å². The van der Waals surface area contributed by atoms with Gasteiger partial charge in [0.1, 0.15) is 5.82 Å². The van der Waals surface area contributed by atoms with Crippen LogP contribution < -0.4 is 0 Å². The molecule has 1 rings (SSSR count). The number of aliphatic hydroxyl groups is 1. The number of carboxylic acids is 1. The van der Waals surface area contributed by atoms with Crippen molar-refractivity contribution in [3.63, 3.8) is 0 Å². The Balaban J connectivity index is 2.88. The minimum Gasteiger partial charge on any atom is -0.481 e. The lowest BCUT2D eigenvalue weighted by Gasteiger charge is -2.18. The van der Waals surface area contributed by atoms with Gasteiger partial charge in [-0.1, -0.05) is 0 Å². The summed E-state index contributed by atoms with van der Waals surface area (Å²) in [4.78, 5) is 14.5. The number of hydrogen-bond acceptors (Lipinski definition) is 3. The van der Waals surface area contributed by atoms with E-state index in [2.05, 4.69) is 10.9 Å². The van der Waals surface area contributed by atoms with Crippen LogP contribution >= 0.6 is 0 Å². The first kappa shape index (κ1) is 13.1. The minimum absolute atomic E-state index is 0.128. The quantitative estimate of drug-likeness (QED) is 0.759. The van der Waals surface area contributed by atoms with E-state index in [1.54, 1.807) is 0 Å². The molecule has 2 atom stereocenters. The molecule has 4 nitrogen and oxygen atoms in total. The number of halogens is 1. The summed E-state index contributed by atoms with van der Waals surface area (Å²) >= 11 is 0. The lowest BCUT2D eigenvalue weighted by Crippen LogP contribution is -2.22. The van der Waals surface area contributed by atoms with Gasteiger partial charge in [-0.3, -0.25) is 9.78 Å². The molecule has 2 unspecified atom stereocenters. The number of hydrogen-bond donors (Lipinski definition) is 2. The van der Waals surface area contributed by atoms with E-state index in [9.17, 15) is 14.3 Å². The van der Waals surface area contributed by atoms with Gasteiger partial charge in [0, 0.05) is 18.2 Å². The predicted octanol–water partition coefficient (Wildman–Crippen LogP) is 1.37. The number of aliphatic carboxylic acids is 1. The topological polar surface area (TPSA) is 70.4 Å². The third-order valence-corrected chi connectivity index (χ3v) is 2.37. The highest BCUT2D eigenvalue weighted by Gasteiger charge is 2.27. The maximum absolute atomic E-state index is 12.9. The lowest BCUT2D eigenvalue weighted by atomic mass is 9.92. The van der Waals surface area contributed by atoms with Crippen LogP contribution in [0.3, 0.4) is 0 Å². The van der Waals surface area contributed by atoms with E-state index in [1.807, 2.05) is 0 Å². The number of nitrogens with zero attached hydrogens (tertiary/aromatic N) is 1. The second-order valence-corrected chi connectivity index (χ2v) is 3.57. The summed E-state index contributed by atoms with van der Waals surface area (Å²) in [6, 6.07) is 1.06. The van der Waals surface area contributed by atoms with Crippen LogP contribution in [0.2, 0.25) is 0 Å². The molecule has 0 bridgehead atoms. The van der Waals surface area contributed by atoms with E-state index in [1.165, 1.54) is 6.20 Å². The van der Waals surface area contributed by atoms with Crippen molar-refractivity contribution in [3.05, 3.63) is 29.8 Å². The molecule has 0 saturated carbocycles. The molecule has 0 fully saturated rings. The van der Waals surface area contributed by atoms with Crippen LogP contribution in [0, 0.1) is 24.1 Å². The molecule has 0 aliphatic carbocycles. The van der Waals surface area contributed by atoms with Gasteiger partial charge < -0.3 is 10.2 Å². The first-order valence-electron chi connectivity index (χ1n) is 5.01.